The number of carbonyl (C=O) groups is 2. The normalized spacial score (nSPS) is 26.9. The number of rotatable bonds is 6. The summed E-state index contributed by atoms with van der Waals surface area (Å²) in [5, 5.41) is 7.87. The third-order valence-corrected chi connectivity index (χ3v) is 7.40. The smallest absolute Gasteiger partial charge is 0.270 e. The minimum atomic E-state index is -0.566. The summed E-state index contributed by atoms with van der Waals surface area (Å²) in [6.07, 6.45) is 3.62. The number of primary amides is 1. The molecule has 1 aromatic heterocycles. The van der Waals surface area contributed by atoms with Gasteiger partial charge in [0.05, 0.1) is 31.5 Å². The molecule has 0 spiro atoms. The molecule has 4 aliphatic rings. The minimum Gasteiger partial charge on any atom is -0.495 e. The number of amides is 2. The average Bonchev–Trinajstić information content (AvgIpc) is 3.33. The van der Waals surface area contributed by atoms with Crippen LogP contribution in [0.1, 0.15) is 23.3 Å². The minimum absolute atomic E-state index is 0.0599. The number of para-hydroxylation sites is 2. The maximum Gasteiger partial charge on any atom is 0.270 e. The van der Waals surface area contributed by atoms with Gasteiger partial charge in [0.25, 0.3) is 5.91 Å². The van der Waals surface area contributed by atoms with Gasteiger partial charge >= 0.3 is 0 Å². The first-order chi connectivity index (χ1) is 16.0. The van der Waals surface area contributed by atoms with Gasteiger partial charge in [0.1, 0.15) is 5.75 Å². The first kappa shape index (κ1) is 21.7. The van der Waals surface area contributed by atoms with Crippen LogP contribution in [0.2, 0.25) is 0 Å². The van der Waals surface area contributed by atoms with E-state index in [1.807, 2.05) is 23.1 Å². The van der Waals surface area contributed by atoms with Crippen molar-refractivity contribution in [1.82, 2.24) is 24.8 Å². The van der Waals surface area contributed by atoms with Crippen molar-refractivity contribution in [2.24, 2.45) is 17.6 Å². The molecule has 1 aromatic carbocycles. The lowest BCUT2D eigenvalue weighted by molar-refractivity contribution is -0.144. The summed E-state index contributed by atoms with van der Waals surface area (Å²) < 4.78 is 7.20. The van der Waals surface area contributed by atoms with E-state index in [0.29, 0.717) is 24.4 Å². The van der Waals surface area contributed by atoms with Crippen molar-refractivity contribution < 1.29 is 14.3 Å². The van der Waals surface area contributed by atoms with Crippen LogP contribution in [0.4, 0.5) is 5.69 Å². The Bertz CT molecular complexity index is 1020. The fourth-order valence-electron chi connectivity index (χ4n) is 5.62. The van der Waals surface area contributed by atoms with E-state index >= 15 is 0 Å². The highest BCUT2D eigenvalue weighted by atomic mass is 16.5. The Morgan fingerprint density at radius 1 is 1.15 bits per heavy atom. The Balaban J connectivity index is 1.18. The van der Waals surface area contributed by atoms with Gasteiger partial charge in [0.15, 0.2) is 5.69 Å². The van der Waals surface area contributed by atoms with Gasteiger partial charge in [-0.15, -0.1) is 5.10 Å². The van der Waals surface area contributed by atoms with Crippen LogP contribution in [-0.4, -0.2) is 89.0 Å². The molecule has 176 valence electrons. The molecule has 6 rings (SSSR count). The first-order valence-corrected chi connectivity index (χ1v) is 11.6. The van der Waals surface area contributed by atoms with Gasteiger partial charge in [-0.2, -0.15) is 0 Å². The van der Waals surface area contributed by atoms with Crippen molar-refractivity contribution in [2.45, 2.75) is 25.4 Å². The monoisotopic (exact) mass is 453 g/mol. The van der Waals surface area contributed by atoms with E-state index < -0.39 is 5.91 Å². The number of hydrogen-bond donors (Lipinski definition) is 1. The zero-order valence-corrected chi connectivity index (χ0v) is 19.0. The van der Waals surface area contributed by atoms with Crippen LogP contribution in [-0.2, 0) is 11.3 Å². The molecule has 10 heteroatoms. The second-order valence-electron chi connectivity index (χ2n) is 9.21. The van der Waals surface area contributed by atoms with E-state index in [1.54, 1.807) is 18.0 Å². The number of nitrogens with two attached hydrogens (primary N) is 1. The summed E-state index contributed by atoms with van der Waals surface area (Å²) in [6, 6.07) is 8.35. The van der Waals surface area contributed by atoms with Crippen molar-refractivity contribution in [3.05, 3.63) is 36.2 Å². The number of piperazine rings is 1. The highest BCUT2D eigenvalue weighted by Gasteiger charge is 2.44. The van der Waals surface area contributed by atoms with Crippen molar-refractivity contribution in [3.63, 3.8) is 0 Å². The van der Waals surface area contributed by atoms with Crippen molar-refractivity contribution in [3.8, 4) is 5.75 Å². The SMILES string of the molecule is COc1ccccc1N1CCN(C(=O)[C@H]2CN3CC[C@H]2C[C@@H]3Cn2cc(C(N)=O)nn2)CC1. The molecular weight excluding hydrogens is 422 g/mol. The fourth-order valence-corrected chi connectivity index (χ4v) is 5.62. The number of ether oxygens (including phenoxy) is 1. The Kier molecular flexibility index (Phi) is 5.92. The Hall–Kier alpha value is -3.14. The van der Waals surface area contributed by atoms with Gasteiger partial charge in [0, 0.05) is 38.8 Å². The van der Waals surface area contributed by atoms with E-state index in [9.17, 15) is 9.59 Å². The molecule has 2 N–H and O–H groups in total. The molecule has 10 nitrogen and oxygen atoms in total. The quantitative estimate of drug-likeness (QED) is 0.676. The van der Waals surface area contributed by atoms with Gasteiger partial charge < -0.3 is 20.3 Å². The zero-order chi connectivity index (χ0) is 22.9. The standard InChI is InChI=1S/C23H31N7O3/c1-33-21-5-3-2-4-20(21)27-8-10-28(11-9-27)23(32)18-14-29-7-6-16(18)12-17(29)13-30-15-19(22(24)31)25-26-30/h2-5,15-18H,6-14H2,1H3,(H2,24,31)/t16-,17+,18-/m0/s1. The molecule has 4 saturated heterocycles. The Labute approximate surface area is 193 Å². The topological polar surface area (TPSA) is 110 Å². The van der Waals surface area contributed by atoms with Crippen LogP contribution in [0.15, 0.2) is 30.5 Å². The predicted molar refractivity (Wildman–Crippen MR) is 122 cm³/mol. The van der Waals surface area contributed by atoms with Gasteiger partial charge in [-0.25, -0.2) is 0 Å². The number of fused-ring (bicyclic) bond motifs is 3. The van der Waals surface area contributed by atoms with E-state index in [-0.39, 0.29) is 11.6 Å². The summed E-state index contributed by atoms with van der Waals surface area (Å²) in [6.45, 7) is 5.54. The summed E-state index contributed by atoms with van der Waals surface area (Å²) in [7, 11) is 1.69. The largest absolute Gasteiger partial charge is 0.495 e. The molecule has 0 saturated carbocycles. The second kappa shape index (κ2) is 9.01. The number of nitrogens with zero attached hydrogens (tertiary/aromatic N) is 6. The highest BCUT2D eigenvalue weighted by molar-refractivity contribution is 5.90. The van der Waals surface area contributed by atoms with E-state index in [4.69, 9.17) is 10.5 Å². The molecule has 4 aliphatic heterocycles. The third kappa shape index (κ3) is 4.27. The summed E-state index contributed by atoms with van der Waals surface area (Å²) in [4.78, 5) is 31.5. The van der Waals surface area contributed by atoms with E-state index in [0.717, 1.165) is 63.5 Å². The maximum atomic E-state index is 13.4. The van der Waals surface area contributed by atoms with Crippen LogP contribution < -0.4 is 15.4 Å². The fraction of sp³-hybridized carbons (Fsp3) is 0.565. The lowest BCUT2D eigenvalue weighted by Gasteiger charge is -2.50. The van der Waals surface area contributed by atoms with Crippen molar-refractivity contribution in [2.75, 3.05) is 51.3 Å². The molecule has 4 fully saturated rings. The number of methoxy groups -OCH3 is 1. The van der Waals surface area contributed by atoms with Crippen LogP contribution >= 0.6 is 0 Å². The highest BCUT2D eigenvalue weighted by Crippen LogP contribution is 2.38. The number of carbonyl (C=O) groups excluding carboxylic acids is 2. The van der Waals surface area contributed by atoms with E-state index in [1.165, 1.54) is 0 Å². The number of piperidine rings is 3. The molecular formula is C23H31N7O3. The van der Waals surface area contributed by atoms with Gasteiger partial charge in [0.2, 0.25) is 5.91 Å². The molecule has 5 heterocycles. The zero-order valence-electron chi connectivity index (χ0n) is 19.0. The van der Waals surface area contributed by atoms with Gasteiger partial charge in [-0.1, -0.05) is 17.3 Å². The molecule has 2 bridgehead atoms. The molecule has 0 radical (unpaired) electrons. The third-order valence-electron chi connectivity index (χ3n) is 7.40. The predicted octanol–water partition coefficient (Wildman–Crippen LogP) is 0.445. The Morgan fingerprint density at radius 2 is 1.94 bits per heavy atom. The second-order valence-corrected chi connectivity index (χ2v) is 9.21. The Morgan fingerprint density at radius 3 is 2.61 bits per heavy atom. The van der Waals surface area contributed by atoms with E-state index in [2.05, 4.69) is 26.2 Å². The maximum absolute atomic E-state index is 13.4. The number of benzene rings is 1. The number of aromatic nitrogens is 3. The van der Waals surface area contributed by atoms with Crippen molar-refractivity contribution >= 4 is 17.5 Å². The van der Waals surface area contributed by atoms with Crippen LogP contribution in [0.25, 0.3) is 0 Å². The molecule has 33 heavy (non-hydrogen) atoms. The summed E-state index contributed by atoms with van der Waals surface area (Å²) >= 11 is 0. The molecule has 2 amide bonds. The van der Waals surface area contributed by atoms with Crippen LogP contribution in [0, 0.1) is 11.8 Å². The number of anilines is 1. The lowest BCUT2D eigenvalue weighted by atomic mass is 9.75. The number of hydrogen-bond acceptors (Lipinski definition) is 7. The van der Waals surface area contributed by atoms with Gasteiger partial charge in [-0.05, 0) is 37.4 Å². The molecule has 2 aromatic rings. The van der Waals surface area contributed by atoms with Crippen LogP contribution in [0.3, 0.4) is 0 Å². The summed E-state index contributed by atoms with van der Waals surface area (Å²) in [5.41, 5.74) is 6.56. The summed E-state index contributed by atoms with van der Waals surface area (Å²) in [5.74, 6) is 1.04. The molecule has 1 unspecified atom stereocenters. The lowest BCUT2D eigenvalue weighted by Crippen LogP contribution is -2.60. The molecule has 0 aliphatic carbocycles. The molecule has 4 atom stereocenters. The van der Waals surface area contributed by atoms with Crippen molar-refractivity contribution in [1.29, 1.82) is 0 Å². The first-order valence-electron chi connectivity index (χ1n) is 11.6. The van der Waals surface area contributed by atoms with Crippen LogP contribution in [0.5, 0.6) is 5.75 Å². The van der Waals surface area contributed by atoms with Gasteiger partial charge in [-0.3, -0.25) is 19.2 Å². The average molecular weight is 454 g/mol.